The lowest BCUT2D eigenvalue weighted by atomic mass is 10.2. The fourth-order valence-electron chi connectivity index (χ4n) is 3.95. The molecule has 1 aromatic carbocycles. The van der Waals surface area contributed by atoms with Crippen LogP contribution >= 0.6 is 0 Å². The van der Waals surface area contributed by atoms with Gasteiger partial charge in [0.2, 0.25) is 5.95 Å². The molecule has 34 heavy (non-hydrogen) atoms. The number of aryl methyl sites for hydroxylation is 2. The van der Waals surface area contributed by atoms with Crippen molar-refractivity contribution < 1.29 is 13.2 Å². The van der Waals surface area contributed by atoms with Crippen molar-refractivity contribution in [2.75, 3.05) is 43.5 Å². The van der Waals surface area contributed by atoms with Crippen molar-refractivity contribution in [2.45, 2.75) is 31.7 Å². The molecule has 0 saturated carbocycles. The molecule has 0 spiro atoms. The molecule has 0 bridgehead atoms. The zero-order valence-corrected chi connectivity index (χ0v) is 21.0. The molecule has 10 nitrogen and oxygen atoms in total. The Morgan fingerprint density at radius 2 is 1.71 bits per heavy atom. The van der Waals surface area contributed by atoms with Gasteiger partial charge >= 0.3 is 0 Å². The Morgan fingerprint density at radius 3 is 2.29 bits per heavy atom. The van der Waals surface area contributed by atoms with Gasteiger partial charge < -0.3 is 19.5 Å². The topological polar surface area (TPSA) is 105 Å². The third-order valence-corrected chi connectivity index (χ3v) is 7.51. The van der Waals surface area contributed by atoms with E-state index in [2.05, 4.69) is 20.3 Å². The normalized spacial score (nSPS) is 15.1. The van der Waals surface area contributed by atoms with Gasteiger partial charge in [-0.25, -0.2) is 18.4 Å². The third kappa shape index (κ3) is 5.00. The molecule has 0 amide bonds. The number of piperazine rings is 1. The van der Waals surface area contributed by atoms with Crippen LogP contribution in [0.25, 0.3) is 0 Å². The van der Waals surface area contributed by atoms with Crippen molar-refractivity contribution in [3.63, 3.8) is 0 Å². The van der Waals surface area contributed by atoms with Crippen molar-refractivity contribution in [1.82, 2.24) is 23.8 Å². The van der Waals surface area contributed by atoms with Crippen molar-refractivity contribution >= 4 is 27.5 Å². The number of ether oxygens (including phenoxy) is 1. The number of nitrogens with one attached hydrogen (secondary N) is 1. The average Bonchev–Trinajstić information content (AvgIpc) is 3.22. The van der Waals surface area contributed by atoms with Gasteiger partial charge in [-0.1, -0.05) is 13.8 Å². The van der Waals surface area contributed by atoms with Crippen LogP contribution in [0.2, 0.25) is 0 Å². The predicted molar refractivity (Wildman–Crippen MR) is 131 cm³/mol. The summed E-state index contributed by atoms with van der Waals surface area (Å²) in [6, 6.07) is 9.47. The molecule has 0 unspecified atom stereocenters. The van der Waals surface area contributed by atoms with E-state index in [0.717, 1.165) is 23.0 Å². The van der Waals surface area contributed by atoms with E-state index >= 15 is 0 Å². The van der Waals surface area contributed by atoms with Crippen molar-refractivity contribution in [3.05, 3.63) is 48.0 Å². The van der Waals surface area contributed by atoms with Crippen LogP contribution in [0, 0.1) is 6.92 Å². The van der Waals surface area contributed by atoms with E-state index < -0.39 is 10.0 Å². The molecule has 1 fully saturated rings. The average molecular weight is 486 g/mol. The first kappa shape index (κ1) is 24.0. The van der Waals surface area contributed by atoms with E-state index in [0.29, 0.717) is 37.9 Å². The second kappa shape index (κ2) is 9.59. The Morgan fingerprint density at radius 1 is 1.03 bits per heavy atom. The lowest BCUT2D eigenvalue weighted by molar-refractivity contribution is 0.381. The highest BCUT2D eigenvalue weighted by atomic mass is 32.2. The lowest BCUT2D eigenvalue weighted by Crippen LogP contribution is -2.49. The zero-order valence-electron chi connectivity index (χ0n) is 20.2. The molecule has 1 saturated heterocycles. The minimum atomic E-state index is -3.65. The van der Waals surface area contributed by atoms with Gasteiger partial charge in [0.05, 0.1) is 7.11 Å². The van der Waals surface area contributed by atoms with Gasteiger partial charge in [-0.2, -0.15) is 9.29 Å². The number of anilines is 3. The van der Waals surface area contributed by atoms with Crippen molar-refractivity contribution in [2.24, 2.45) is 7.05 Å². The molecule has 0 aliphatic carbocycles. The van der Waals surface area contributed by atoms with Gasteiger partial charge in [0.15, 0.2) is 5.03 Å². The number of imidazole rings is 1. The predicted octanol–water partition coefficient (Wildman–Crippen LogP) is 2.91. The first-order valence-corrected chi connectivity index (χ1v) is 12.7. The van der Waals surface area contributed by atoms with Crippen LogP contribution in [0.1, 0.15) is 31.3 Å². The maximum atomic E-state index is 13.2. The first-order valence-electron chi connectivity index (χ1n) is 11.2. The third-order valence-electron chi connectivity index (χ3n) is 5.74. The first-order chi connectivity index (χ1) is 16.2. The summed E-state index contributed by atoms with van der Waals surface area (Å²) in [6.07, 6.45) is 1.60. The number of rotatable bonds is 7. The highest BCUT2D eigenvalue weighted by Crippen LogP contribution is 2.24. The molecule has 3 heterocycles. The summed E-state index contributed by atoms with van der Waals surface area (Å²) >= 11 is 0. The molecular formula is C23H31N7O3S. The van der Waals surface area contributed by atoms with E-state index in [4.69, 9.17) is 4.74 Å². The van der Waals surface area contributed by atoms with Crippen molar-refractivity contribution in [3.8, 4) is 5.75 Å². The summed E-state index contributed by atoms with van der Waals surface area (Å²) < 4.78 is 34.8. The van der Waals surface area contributed by atoms with Crippen LogP contribution in [0.4, 0.5) is 17.5 Å². The highest BCUT2D eigenvalue weighted by molar-refractivity contribution is 7.89. The van der Waals surface area contributed by atoms with Gasteiger partial charge in [0.1, 0.15) is 17.4 Å². The molecule has 0 atom stereocenters. The maximum Gasteiger partial charge on any atom is 0.262 e. The molecule has 1 aliphatic heterocycles. The molecule has 182 valence electrons. The van der Waals surface area contributed by atoms with Crippen LogP contribution in [-0.2, 0) is 17.1 Å². The lowest BCUT2D eigenvalue weighted by Gasteiger charge is -2.33. The molecule has 1 aliphatic rings. The van der Waals surface area contributed by atoms with E-state index in [1.165, 1.54) is 4.31 Å². The summed E-state index contributed by atoms with van der Waals surface area (Å²) in [5.41, 5.74) is 1.71. The van der Waals surface area contributed by atoms with E-state index in [9.17, 15) is 8.42 Å². The molecule has 4 rings (SSSR count). The second-order valence-electron chi connectivity index (χ2n) is 8.64. The SMILES string of the molecule is COc1ccc(Nc2cc(C)nc(N3CCN(S(=O)(=O)c4cn(C)c(C(C)C)n4)CC3)n2)cc1. The molecule has 1 N–H and O–H groups in total. The van der Waals surface area contributed by atoms with Crippen molar-refractivity contribution in [1.29, 1.82) is 0 Å². The number of sulfonamides is 1. The molecule has 3 aromatic rings. The minimum absolute atomic E-state index is 0.102. The van der Waals surface area contributed by atoms with Crippen LogP contribution in [0.15, 0.2) is 41.6 Å². The summed E-state index contributed by atoms with van der Waals surface area (Å²) in [4.78, 5) is 15.6. The fraction of sp³-hybridized carbons (Fsp3) is 0.435. The van der Waals surface area contributed by atoms with Gasteiger partial charge in [-0.15, -0.1) is 0 Å². The smallest absolute Gasteiger partial charge is 0.262 e. The second-order valence-corrected chi connectivity index (χ2v) is 10.5. The summed E-state index contributed by atoms with van der Waals surface area (Å²) in [5, 5.41) is 3.40. The van der Waals surface area contributed by atoms with Gasteiger partial charge in [0, 0.05) is 62.8 Å². The molecule has 11 heteroatoms. The van der Waals surface area contributed by atoms with Gasteiger partial charge in [-0.3, -0.25) is 0 Å². The van der Waals surface area contributed by atoms with Crippen LogP contribution in [0.5, 0.6) is 5.75 Å². The number of methoxy groups -OCH3 is 1. The largest absolute Gasteiger partial charge is 0.497 e. The molecule has 0 radical (unpaired) electrons. The fourth-order valence-corrected chi connectivity index (χ4v) is 5.36. The highest BCUT2D eigenvalue weighted by Gasteiger charge is 2.32. The molecular weight excluding hydrogens is 454 g/mol. The van der Waals surface area contributed by atoms with E-state index in [1.807, 2.05) is 63.1 Å². The summed E-state index contributed by atoms with van der Waals surface area (Å²) in [6.45, 7) is 7.58. The Balaban J connectivity index is 1.46. The number of nitrogens with zero attached hydrogens (tertiary/aromatic N) is 6. The summed E-state index contributed by atoms with van der Waals surface area (Å²) in [5.74, 6) is 2.93. The standard InChI is InChI=1S/C23H31N7O3S/c1-16(2)22-27-21(15-28(22)4)34(31,32)30-12-10-29(11-13-30)23-24-17(3)14-20(26-23)25-18-6-8-19(33-5)9-7-18/h6-9,14-16H,10-13H2,1-5H3,(H,24,25,26). The van der Waals surface area contributed by atoms with Gasteiger partial charge in [-0.05, 0) is 31.2 Å². The summed E-state index contributed by atoms with van der Waals surface area (Å²) in [7, 11) is -0.197. The minimum Gasteiger partial charge on any atom is -0.497 e. The Hall–Kier alpha value is -3.18. The van der Waals surface area contributed by atoms with Crippen LogP contribution in [0.3, 0.4) is 0 Å². The van der Waals surface area contributed by atoms with Gasteiger partial charge in [0.25, 0.3) is 10.0 Å². The Labute approximate surface area is 200 Å². The van der Waals surface area contributed by atoms with Crippen LogP contribution < -0.4 is 15.0 Å². The van der Waals surface area contributed by atoms with Crippen LogP contribution in [-0.4, -0.2) is 65.5 Å². The Bertz CT molecular complexity index is 1250. The monoisotopic (exact) mass is 485 g/mol. The number of hydrogen-bond donors (Lipinski definition) is 1. The number of aromatic nitrogens is 4. The Kier molecular flexibility index (Phi) is 6.76. The number of hydrogen-bond acceptors (Lipinski definition) is 8. The maximum absolute atomic E-state index is 13.2. The quantitative estimate of drug-likeness (QED) is 0.545. The number of benzene rings is 1. The van der Waals surface area contributed by atoms with E-state index in [1.54, 1.807) is 17.9 Å². The molecule has 2 aromatic heterocycles. The zero-order chi connectivity index (χ0) is 24.5. The van der Waals surface area contributed by atoms with E-state index in [-0.39, 0.29) is 10.9 Å².